The van der Waals surface area contributed by atoms with Crippen molar-refractivity contribution in [3.8, 4) is 0 Å². The van der Waals surface area contributed by atoms with Gasteiger partial charge in [-0.2, -0.15) is 0 Å². The Bertz CT molecular complexity index is 512. The minimum Gasteiger partial charge on any atom is -0.390 e. The third-order valence-electron chi connectivity index (χ3n) is 4.91. The van der Waals surface area contributed by atoms with Gasteiger partial charge in [0.05, 0.1) is 6.10 Å². The molecule has 5 heteroatoms. The molecule has 22 heavy (non-hydrogen) atoms. The maximum absolute atomic E-state index is 12.9. The SMILES string of the molecule is O=C(c1ccc(F)cc1)C1CCN([C@H]2CCNC[C@@H]2O)CC1. The zero-order valence-corrected chi connectivity index (χ0v) is 12.7. The van der Waals surface area contributed by atoms with E-state index < -0.39 is 0 Å². The molecule has 3 rings (SSSR count). The molecule has 0 saturated carbocycles. The number of hydrogen-bond donors (Lipinski definition) is 2. The second-order valence-corrected chi connectivity index (χ2v) is 6.31. The van der Waals surface area contributed by atoms with Crippen LogP contribution in [-0.4, -0.2) is 54.1 Å². The molecule has 4 nitrogen and oxygen atoms in total. The van der Waals surface area contributed by atoms with Gasteiger partial charge < -0.3 is 10.4 Å². The molecule has 0 spiro atoms. The Morgan fingerprint density at radius 3 is 2.50 bits per heavy atom. The van der Waals surface area contributed by atoms with Crippen LogP contribution in [0.2, 0.25) is 0 Å². The van der Waals surface area contributed by atoms with Gasteiger partial charge in [0.1, 0.15) is 5.82 Å². The number of nitrogens with zero attached hydrogens (tertiary/aromatic N) is 1. The summed E-state index contributed by atoms with van der Waals surface area (Å²) in [5.41, 5.74) is 0.599. The Morgan fingerprint density at radius 2 is 1.86 bits per heavy atom. The topological polar surface area (TPSA) is 52.6 Å². The predicted molar refractivity (Wildman–Crippen MR) is 82.3 cm³/mol. The van der Waals surface area contributed by atoms with Crippen LogP contribution >= 0.6 is 0 Å². The first-order chi connectivity index (χ1) is 10.6. The van der Waals surface area contributed by atoms with Crippen LogP contribution in [0.3, 0.4) is 0 Å². The second kappa shape index (κ2) is 6.86. The van der Waals surface area contributed by atoms with Gasteiger partial charge in [0.25, 0.3) is 0 Å². The van der Waals surface area contributed by atoms with Crippen LogP contribution in [0.4, 0.5) is 4.39 Å². The number of aliphatic hydroxyl groups is 1. The van der Waals surface area contributed by atoms with Crippen molar-refractivity contribution >= 4 is 5.78 Å². The van der Waals surface area contributed by atoms with Gasteiger partial charge in [-0.25, -0.2) is 4.39 Å². The van der Waals surface area contributed by atoms with Crippen molar-refractivity contribution in [1.29, 1.82) is 0 Å². The lowest BCUT2D eigenvalue weighted by molar-refractivity contribution is 0.0127. The quantitative estimate of drug-likeness (QED) is 0.830. The van der Waals surface area contributed by atoms with E-state index >= 15 is 0 Å². The van der Waals surface area contributed by atoms with Crippen LogP contribution in [0, 0.1) is 11.7 Å². The van der Waals surface area contributed by atoms with Gasteiger partial charge in [-0.05, 0) is 63.2 Å². The van der Waals surface area contributed by atoms with Crippen LogP contribution < -0.4 is 5.32 Å². The first kappa shape index (κ1) is 15.6. The molecule has 2 heterocycles. The number of β-amino-alcohol motifs (C(OH)–C–C–N with tert-alkyl or cyclic N) is 1. The van der Waals surface area contributed by atoms with E-state index in [1.807, 2.05) is 0 Å². The highest BCUT2D eigenvalue weighted by molar-refractivity contribution is 5.97. The van der Waals surface area contributed by atoms with E-state index in [0.717, 1.165) is 38.9 Å². The number of hydrogen-bond acceptors (Lipinski definition) is 4. The molecule has 0 amide bonds. The Labute approximate surface area is 130 Å². The summed E-state index contributed by atoms with van der Waals surface area (Å²) in [4.78, 5) is 14.8. The van der Waals surface area contributed by atoms with E-state index in [9.17, 15) is 14.3 Å². The van der Waals surface area contributed by atoms with Gasteiger partial charge in [-0.1, -0.05) is 0 Å². The molecule has 2 saturated heterocycles. The summed E-state index contributed by atoms with van der Waals surface area (Å²) in [7, 11) is 0. The molecule has 2 atom stereocenters. The molecule has 0 aliphatic carbocycles. The fraction of sp³-hybridized carbons (Fsp3) is 0.588. The third kappa shape index (κ3) is 3.37. The van der Waals surface area contributed by atoms with Gasteiger partial charge in [0, 0.05) is 24.1 Å². The Kier molecular flexibility index (Phi) is 4.86. The summed E-state index contributed by atoms with van der Waals surface area (Å²) in [6, 6.07) is 6.03. The van der Waals surface area contributed by atoms with Gasteiger partial charge >= 0.3 is 0 Å². The minimum atomic E-state index is -0.321. The number of ketones is 1. The number of rotatable bonds is 3. The zero-order valence-electron chi connectivity index (χ0n) is 12.7. The predicted octanol–water partition coefficient (Wildman–Crippen LogP) is 1.44. The van der Waals surface area contributed by atoms with Gasteiger partial charge in [-0.3, -0.25) is 9.69 Å². The van der Waals surface area contributed by atoms with Gasteiger partial charge in [0.2, 0.25) is 0 Å². The summed E-state index contributed by atoms with van der Waals surface area (Å²) in [5.74, 6) is -0.183. The van der Waals surface area contributed by atoms with E-state index in [-0.39, 0.29) is 29.7 Å². The molecule has 2 aliphatic heterocycles. The van der Waals surface area contributed by atoms with E-state index in [0.29, 0.717) is 12.1 Å². The highest BCUT2D eigenvalue weighted by Crippen LogP contribution is 2.25. The van der Waals surface area contributed by atoms with E-state index in [1.54, 1.807) is 12.1 Å². The smallest absolute Gasteiger partial charge is 0.166 e. The molecule has 1 aromatic rings. The normalized spacial score (nSPS) is 27.7. The van der Waals surface area contributed by atoms with Crippen LogP contribution in [0.1, 0.15) is 29.6 Å². The van der Waals surface area contributed by atoms with Crippen LogP contribution in [0.5, 0.6) is 0 Å². The average Bonchev–Trinajstić information content (AvgIpc) is 2.56. The lowest BCUT2D eigenvalue weighted by Crippen LogP contribution is -2.55. The Hall–Kier alpha value is -1.30. The first-order valence-corrected chi connectivity index (χ1v) is 8.08. The lowest BCUT2D eigenvalue weighted by atomic mass is 9.87. The summed E-state index contributed by atoms with van der Waals surface area (Å²) >= 11 is 0. The molecule has 2 fully saturated rings. The molecule has 120 valence electrons. The fourth-order valence-corrected chi connectivity index (χ4v) is 3.60. The summed E-state index contributed by atoms with van der Waals surface area (Å²) in [6.45, 7) is 3.29. The number of carbonyl (C=O) groups excluding carboxylic acids is 1. The highest BCUT2D eigenvalue weighted by atomic mass is 19.1. The van der Waals surface area contributed by atoms with Crippen molar-refractivity contribution in [2.45, 2.75) is 31.4 Å². The molecule has 0 radical (unpaired) electrons. The largest absolute Gasteiger partial charge is 0.390 e. The van der Waals surface area contributed by atoms with Crippen molar-refractivity contribution < 1.29 is 14.3 Å². The molecule has 0 aromatic heterocycles. The molecular formula is C17H23FN2O2. The number of Topliss-reactive ketones (excluding diaryl/α,β-unsaturated/α-hetero) is 1. The van der Waals surface area contributed by atoms with Gasteiger partial charge in [-0.15, -0.1) is 0 Å². The number of piperidine rings is 2. The van der Waals surface area contributed by atoms with Crippen molar-refractivity contribution in [2.24, 2.45) is 5.92 Å². The van der Waals surface area contributed by atoms with Crippen molar-refractivity contribution in [3.63, 3.8) is 0 Å². The van der Waals surface area contributed by atoms with Crippen molar-refractivity contribution in [2.75, 3.05) is 26.2 Å². The molecule has 2 aliphatic rings. The minimum absolute atomic E-state index is 0.0144. The molecule has 0 unspecified atom stereocenters. The number of aliphatic hydroxyl groups excluding tert-OH is 1. The van der Waals surface area contributed by atoms with Crippen LogP contribution in [0.25, 0.3) is 0 Å². The molecule has 0 bridgehead atoms. The molecule has 2 N–H and O–H groups in total. The number of halogens is 1. The lowest BCUT2D eigenvalue weighted by Gasteiger charge is -2.41. The number of nitrogens with one attached hydrogen (secondary N) is 1. The summed E-state index contributed by atoms with van der Waals surface area (Å²) in [5, 5.41) is 13.3. The third-order valence-corrected chi connectivity index (χ3v) is 4.91. The number of carbonyl (C=O) groups is 1. The van der Waals surface area contributed by atoms with Crippen LogP contribution in [-0.2, 0) is 0 Å². The summed E-state index contributed by atoms with van der Waals surface area (Å²) < 4.78 is 12.9. The maximum atomic E-state index is 12.9. The highest BCUT2D eigenvalue weighted by Gasteiger charge is 2.33. The average molecular weight is 306 g/mol. The fourth-order valence-electron chi connectivity index (χ4n) is 3.60. The first-order valence-electron chi connectivity index (χ1n) is 8.08. The monoisotopic (exact) mass is 306 g/mol. The summed E-state index contributed by atoms with van der Waals surface area (Å²) in [6.07, 6.45) is 2.26. The van der Waals surface area contributed by atoms with Crippen molar-refractivity contribution in [3.05, 3.63) is 35.6 Å². The van der Waals surface area contributed by atoms with Crippen LogP contribution in [0.15, 0.2) is 24.3 Å². The number of likely N-dealkylation sites (tertiary alicyclic amines) is 1. The molecule has 1 aromatic carbocycles. The standard InChI is InChI=1S/C17H23FN2O2/c18-14-3-1-12(2-4-14)17(22)13-6-9-20(10-7-13)15-5-8-19-11-16(15)21/h1-4,13,15-16,19,21H,5-11H2/t15-,16-/m0/s1. The molecular weight excluding hydrogens is 283 g/mol. The maximum Gasteiger partial charge on any atom is 0.166 e. The zero-order chi connectivity index (χ0) is 15.5. The van der Waals surface area contributed by atoms with Crippen molar-refractivity contribution in [1.82, 2.24) is 10.2 Å². The van der Waals surface area contributed by atoms with Gasteiger partial charge in [0.15, 0.2) is 5.78 Å². The second-order valence-electron chi connectivity index (χ2n) is 6.31. The van der Waals surface area contributed by atoms with E-state index in [1.165, 1.54) is 12.1 Å². The Balaban J connectivity index is 1.57. The number of benzene rings is 1. The van der Waals surface area contributed by atoms with E-state index in [4.69, 9.17) is 0 Å². The Morgan fingerprint density at radius 1 is 1.18 bits per heavy atom. The van der Waals surface area contributed by atoms with E-state index in [2.05, 4.69) is 10.2 Å².